The lowest BCUT2D eigenvalue weighted by Crippen LogP contribution is -2.47. The molecule has 0 aromatic carbocycles. The molecule has 2 N–H and O–H groups in total. The summed E-state index contributed by atoms with van der Waals surface area (Å²) in [6.45, 7) is 6.45. The Morgan fingerprint density at radius 3 is 3.15 bits per heavy atom. The fraction of sp³-hybridized carbons (Fsp3) is 0.526. The second kappa shape index (κ2) is 9.30. The van der Waals surface area contributed by atoms with Crippen LogP contribution in [-0.4, -0.2) is 51.6 Å². The molecule has 0 unspecified atom stereocenters. The second-order valence-corrected chi connectivity index (χ2v) is 7.19. The summed E-state index contributed by atoms with van der Waals surface area (Å²) in [5, 5.41) is 3.42. The van der Waals surface area contributed by atoms with Crippen LogP contribution in [0.4, 0.5) is 5.69 Å². The van der Waals surface area contributed by atoms with Gasteiger partial charge < -0.3 is 15.0 Å². The van der Waals surface area contributed by atoms with Gasteiger partial charge in [0.25, 0.3) is 5.91 Å². The van der Waals surface area contributed by atoms with E-state index in [0.717, 1.165) is 42.9 Å². The molecule has 0 saturated carbocycles. The molecule has 1 amide bonds. The molecule has 8 heteroatoms. The van der Waals surface area contributed by atoms with Crippen LogP contribution in [0.5, 0.6) is 0 Å². The summed E-state index contributed by atoms with van der Waals surface area (Å²) in [6.07, 6.45) is 5.92. The molecule has 7 nitrogen and oxygen atoms in total. The van der Waals surface area contributed by atoms with Crippen LogP contribution >= 0.6 is 11.6 Å². The molecule has 1 saturated heterocycles. The number of aromatic nitrogens is 3. The van der Waals surface area contributed by atoms with Gasteiger partial charge in [-0.1, -0.05) is 24.9 Å². The minimum Gasteiger partial charge on any atom is -0.366 e. The maximum Gasteiger partial charge on any atom is 0.254 e. The van der Waals surface area contributed by atoms with Gasteiger partial charge in [-0.2, -0.15) is 0 Å². The third-order valence-corrected chi connectivity index (χ3v) is 4.98. The molecule has 2 aromatic rings. The number of ether oxygens (including phenoxy) is 1. The number of carbonyl (C=O) groups is 1. The maximum absolute atomic E-state index is 12.6. The van der Waals surface area contributed by atoms with E-state index in [0.29, 0.717) is 30.5 Å². The van der Waals surface area contributed by atoms with Gasteiger partial charge in [0.05, 0.1) is 24.2 Å². The van der Waals surface area contributed by atoms with E-state index < -0.39 is 6.10 Å². The van der Waals surface area contributed by atoms with Crippen molar-refractivity contribution in [3.63, 3.8) is 0 Å². The minimum atomic E-state index is -0.528. The molecule has 1 fully saturated rings. The van der Waals surface area contributed by atoms with E-state index in [-0.39, 0.29) is 5.91 Å². The first-order valence-corrected chi connectivity index (χ1v) is 9.73. The number of carbonyl (C=O) groups excluding carboxylic acids is 1. The lowest BCUT2D eigenvalue weighted by molar-refractivity contribution is -0.133. The fourth-order valence-electron chi connectivity index (χ4n) is 3.04. The first-order valence-electron chi connectivity index (χ1n) is 9.35. The Balaban J connectivity index is 1.58. The van der Waals surface area contributed by atoms with Gasteiger partial charge >= 0.3 is 0 Å². The summed E-state index contributed by atoms with van der Waals surface area (Å²) in [6, 6.07) is 1.86. The predicted molar refractivity (Wildman–Crippen MR) is 105 cm³/mol. The number of anilines is 1. The highest BCUT2D eigenvalue weighted by Gasteiger charge is 2.28. The van der Waals surface area contributed by atoms with E-state index in [9.17, 15) is 4.79 Å². The van der Waals surface area contributed by atoms with Crippen LogP contribution in [0.2, 0.25) is 5.15 Å². The number of aromatic amines is 1. The zero-order valence-corrected chi connectivity index (χ0v) is 16.6. The Hall–Kier alpha value is -1.96. The van der Waals surface area contributed by atoms with Crippen LogP contribution < -0.4 is 5.32 Å². The number of pyridine rings is 1. The topological polar surface area (TPSA) is 83.1 Å². The number of amides is 1. The number of H-pyrrole nitrogens is 1. The van der Waals surface area contributed by atoms with E-state index in [2.05, 4.69) is 32.1 Å². The van der Waals surface area contributed by atoms with Crippen molar-refractivity contribution < 1.29 is 9.53 Å². The molecular weight excluding hydrogens is 366 g/mol. The van der Waals surface area contributed by atoms with Gasteiger partial charge in [0.15, 0.2) is 5.15 Å². The number of nitrogens with one attached hydrogen (secondary N) is 2. The molecule has 27 heavy (non-hydrogen) atoms. The molecule has 0 radical (unpaired) electrons. The van der Waals surface area contributed by atoms with Crippen molar-refractivity contribution in [1.82, 2.24) is 19.9 Å². The summed E-state index contributed by atoms with van der Waals surface area (Å²) < 4.78 is 5.68. The van der Waals surface area contributed by atoms with E-state index in [1.54, 1.807) is 12.4 Å². The zero-order chi connectivity index (χ0) is 19.2. The van der Waals surface area contributed by atoms with Crippen molar-refractivity contribution in [2.45, 2.75) is 45.8 Å². The molecule has 2 aromatic heterocycles. The van der Waals surface area contributed by atoms with E-state index in [1.165, 1.54) is 0 Å². The zero-order valence-electron chi connectivity index (χ0n) is 15.8. The molecule has 3 heterocycles. The van der Waals surface area contributed by atoms with Crippen LogP contribution in [0, 0.1) is 6.92 Å². The Kier molecular flexibility index (Phi) is 6.82. The summed E-state index contributed by atoms with van der Waals surface area (Å²) in [7, 11) is 0. The van der Waals surface area contributed by atoms with Crippen molar-refractivity contribution in [3.8, 4) is 0 Å². The molecule has 0 bridgehead atoms. The van der Waals surface area contributed by atoms with E-state index in [4.69, 9.17) is 16.3 Å². The second-order valence-electron chi connectivity index (χ2n) is 6.83. The van der Waals surface area contributed by atoms with Gasteiger partial charge in [-0.25, -0.2) is 4.98 Å². The standard InChI is InChI=1S/C19H26ClN5O2/c1-3-4-5-17-22-15(18(20)24-17)11-25-8-9-27-16(12-25)19(26)23-14-10-21-7-6-13(14)2/h6-7,10,16H,3-5,8-9,11-12H2,1-2H3,(H,22,24)(H,23,26)/t16-/m0/s1. The maximum atomic E-state index is 12.6. The van der Waals surface area contributed by atoms with Gasteiger partial charge in [0.2, 0.25) is 0 Å². The van der Waals surface area contributed by atoms with E-state index >= 15 is 0 Å². The molecule has 146 valence electrons. The predicted octanol–water partition coefficient (Wildman–Crippen LogP) is 2.95. The van der Waals surface area contributed by atoms with Gasteiger partial charge in [-0.15, -0.1) is 0 Å². The average molecular weight is 392 g/mol. The van der Waals surface area contributed by atoms with Gasteiger partial charge in [0.1, 0.15) is 11.9 Å². The highest BCUT2D eigenvalue weighted by Crippen LogP contribution is 2.19. The first kappa shape index (κ1) is 19.8. The van der Waals surface area contributed by atoms with Gasteiger partial charge in [-0.3, -0.25) is 14.7 Å². The summed E-state index contributed by atoms with van der Waals surface area (Å²) in [4.78, 5) is 26.5. The number of unbranched alkanes of at least 4 members (excludes halogenated alkanes) is 1. The van der Waals surface area contributed by atoms with Crippen LogP contribution in [0.25, 0.3) is 0 Å². The van der Waals surface area contributed by atoms with Crippen molar-refractivity contribution in [2.75, 3.05) is 25.0 Å². The number of hydrogen-bond acceptors (Lipinski definition) is 5. The quantitative estimate of drug-likeness (QED) is 0.758. The summed E-state index contributed by atoms with van der Waals surface area (Å²) >= 11 is 6.28. The Labute approximate surface area is 164 Å². The lowest BCUT2D eigenvalue weighted by atomic mass is 10.2. The number of morpholine rings is 1. The number of hydrogen-bond donors (Lipinski definition) is 2. The Morgan fingerprint density at radius 2 is 2.37 bits per heavy atom. The Bertz CT molecular complexity index is 779. The summed E-state index contributed by atoms with van der Waals surface area (Å²) in [5.74, 6) is 0.765. The average Bonchev–Trinajstić information content (AvgIpc) is 3.01. The molecule has 1 aliphatic heterocycles. The SMILES string of the molecule is CCCCc1nc(Cl)c(CN2CCO[C@H](C(=O)Nc3cnccc3C)C2)[nH]1. The van der Waals surface area contributed by atoms with Crippen molar-refractivity contribution in [1.29, 1.82) is 0 Å². The normalized spacial score (nSPS) is 17.8. The number of halogens is 1. The number of imidazole rings is 1. The van der Waals surface area contributed by atoms with Crippen LogP contribution in [-0.2, 0) is 22.5 Å². The van der Waals surface area contributed by atoms with Crippen LogP contribution in [0.1, 0.15) is 36.8 Å². The first-order chi connectivity index (χ1) is 13.1. The third kappa shape index (κ3) is 5.28. The molecule has 0 spiro atoms. The largest absolute Gasteiger partial charge is 0.366 e. The van der Waals surface area contributed by atoms with Crippen molar-refractivity contribution >= 4 is 23.2 Å². The highest BCUT2D eigenvalue weighted by molar-refractivity contribution is 6.30. The molecular formula is C19H26ClN5O2. The van der Waals surface area contributed by atoms with Crippen molar-refractivity contribution in [3.05, 3.63) is 40.7 Å². The summed E-state index contributed by atoms with van der Waals surface area (Å²) in [5.41, 5.74) is 2.57. The number of aryl methyl sites for hydroxylation is 2. The molecule has 3 rings (SSSR count). The lowest BCUT2D eigenvalue weighted by Gasteiger charge is -2.31. The van der Waals surface area contributed by atoms with Crippen LogP contribution in [0.3, 0.4) is 0 Å². The Morgan fingerprint density at radius 1 is 1.52 bits per heavy atom. The van der Waals surface area contributed by atoms with Gasteiger partial charge in [0, 0.05) is 32.3 Å². The smallest absolute Gasteiger partial charge is 0.254 e. The van der Waals surface area contributed by atoms with Crippen LogP contribution in [0.15, 0.2) is 18.5 Å². The third-order valence-electron chi connectivity index (χ3n) is 4.67. The number of nitrogens with zero attached hydrogens (tertiary/aromatic N) is 3. The molecule has 1 aliphatic rings. The van der Waals surface area contributed by atoms with E-state index in [1.807, 2.05) is 13.0 Å². The minimum absolute atomic E-state index is 0.157. The molecule has 1 atom stereocenters. The fourth-order valence-corrected chi connectivity index (χ4v) is 3.25. The highest BCUT2D eigenvalue weighted by atomic mass is 35.5. The number of rotatable bonds is 7. The van der Waals surface area contributed by atoms with Gasteiger partial charge in [-0.05, 0) is 25.0 Å². The van der Waals surface area contributed by atoms with Crippen molar-refractivity contribution in [2.24, 2.45) is 0 Å². The molecule has 0 aliphatic carbocycles. The monoisotopic (exact) mass is 391 g/mol.